The molecule has 24 heavy (non-hydrogen) atoms. The van der Waals surface area contributed by atoms with Crippen molar-refractivity contribution in [1.82, 2.24) is 5.32 Å². The van der Waals surface area contributed by atoms with Gasteiger partial charge in [-0.1, -0.05) is 42.5 Å². The summed E-state index contributed by atoms with van der Waals surface area (Å²) < 4.78 is 0. The maximum atomic E-state index is 11.8. The minimum Gasteiger partial charge on any atom is -0.355 e. The lowest BCUT2D eigenvalue weighted by Gasteiger charge is -2.07. The second-order valence-electron chi connectivity index (χ2n) is 5.34. The normalized spacial score (nSPS) is 9.79. The van der Waals surface area contributed by atoms with Crippen LogP contribution in [0.25, 0.3) is 0 Å². The summed E-state index contributed by atoms with van der Waals surface area (Å²) in [6, 6.07) is 18.7. The standard InChI is InChI=1S/C19H19N3O2/c20-12-10-15-6-8-17(9-7-15)22-18(23)11-13-21-19(24)14-16-4-2-1-3-5-16/h1-9H,10-11,13-14H2,(H,21,24)(H,22,23). The van der Waals surface area contributed by atoms with Crippen LogP contribution < -0.4 is 10.6 Å². The molecule has 0 saturated carbocycles. The summed E-state index contributed by atoms with van der Waals surface area (Å²) in [5, 5.41) is 14.1. The molecule has 0 bridgehead atoms. The van der Waals surface area contributed by atoms with E-state index >= 15 is 0 Å². The lowest BCUT2D eigenvalue weighted by Crippen LogP contribution is -2.28. The number of amides is 2. The second kappa shape index (κ2) is 9.11. The van der Waals surface area contributed by atoms with Crippen LogP contribution in [0.1, 0.15) is 17.5 Å². The third-order valence-electron chi connectivity index (χ3n) is 3.40. The molecule has 2 rings (SSSR count). The monoisotopic (exact) mass is 321 g/mol. The predicted molar refractivity (Wildman–Crippen MR) is 92.2 cm³/mol. The number of hydrogen-bond donors (Lipinski definition) is 2. The fourth-order valence-corrected chi connectivity index (χ4v) is 2.18. The molecular formula is C19H19N3O2. The topological polar surface area (TPSA) is 82.0 Å². The van der Waals surface area contributed by atoms with Gasteiger partial charge in [0.25, 0.3) is 0 Å². The van der Waals surface area contributed by atoms with E-state index < -0.39 is 0 Å². The number of benzene rings is 2. The van der Waals surface area contributed by atoms with Gasteiger partial charge in [0.15, 0.2) is 0 Å². The molecule has 0 aliphatic heterocycles. The Kier molecular flexibility index (Phi) is 6.54. The third-order valence-corrected chi connectivity index (χ3v) is 3.40. The van der Waals surface area contributed by atoms with E-state index in [1.807, 2.05) is 30.3 Å². The molecule has 0 heterocycles. The van der Waals surface area contributed by atoms with Crippen molar-refractivity contribution >= 4 is 17.5 Å². The van der Waals surface area contributed by atoms with Crippen molar-refractivity contribution in [2.24, 2.45) is 0 Å². The van der Waals surface area contributed by atoms with Gasteiger partial charge in [-0.2, -0.15) is 5.26 Å². The molecule has 0 spiro atoms. The number of nitrogens with zero attached hydrogens (tertiary/aromatic N) is 1. The first-order valence-corrected chi connectivity index (χ1v) is 7.74. The minimum atomic E-state index is -0.164. The lowest BCUT2D eigenvalue weighted by molar-refractivity contribution is -0.120. The number of nitrogens with one attached hydrogen (secondary N) is 2. The quantitative estimate of drug-likeness (QED) is 0.822. The first-order valence-electron chi connectivity index (χ1n) is 7.74. The summed E-state index contributed by atoms with van der Waals surface area (Å²) in [6.07, 6.45) is 0.866. The molecular weight excluding hydrogens is 302 g/mol. The van der Waals surface area contributed by atoms with E-state index in [1.165, 1.54) is 0 Å². The van der Waals surface area contributed by atoms with Gasteiger partial charge in [-0.3, -0.25) is 9.59 Å². The van der Waals surface area contributed by atoms with Gasteiger partial charge >= 0.3 is 0 Å². The van der Waals surface area contributed by atoms with E-state index in [0.29, 0.717) is 25.1 Å². The molecule has 2 amide bonds. The highest BCUT2D eigenvalue weighted by Crippen LogP contribution is 2.10. The molecule has 122 valence electrons. The maximum Gasteiger partial charge on any atom is 0.226 e. The summed E-state index contributed by atoms with van der Waals surface area (Å²) in [5.41, 5.74) is 2.53. The highest BCUT2D eigenvalue weighted by molar-refractivity contribution is 5.91. The molecule has 2 N–H and O–H groups in total. The largest absolute Gasteiger partial charge is 0.355 e. The highest BCUT2D eigenvalue weighted by atomic mass is 16.2. The van der Waals surface area contributed by atoms with Crippen molar-refractivity contribution in [3.05, 3.63) is 65.7 Å². The Labute approximate surface area is 141 Å². The first-order chi connectivity index (χ1) is 11.7. The zero-order chi connectivity index (χ0) is 17.2. The SMILES string of the molecule is N#CCc1ccc(NC(=O)CCNC(=O)Cc2ccccc2)cc1. The zero-order valence-corrected chi connectivity index (χ0v) is 13.3. The van der Waals surface area contributed by atoms with Gasteiger partial charge in [-0.15, -0.1) is 0 Å². The molecule has 0 radical (unpaired) electrons. The van der Waals surface area contributed by atoms with Crippen molar-refractivity contribution in [3.63, 3.8) is 0 Å². The summed E-state index contributed by atoms with van der Waals surface area (Å²) in [6.45, 7) is 0.296. The van der Waals surface area contributed by atoms with Crippen LogP contribution in [0, 0.1) is 11.3 Å². The number of carbonyl (C=O) groups is 2. The van der Waals surface area contributed by atoms with E-state index in [-0.39, 0.29) is 18.2 Å². The molecule has 2 aromatic rings. The summed E-state index contributed by atoms with van der Waals surface area (Å²) in [4.78, 5) is 23.6. The van der Waals surface area contributed by atoms with Crippen LogP contribution in [-0.4, -0.2) is 18.4 Å². The Morgan fingerprint density at radius 1 is 0.917 bits per heavy atom. The summed E-state index contributed by atoms with van der Waals surface area (Å²) in [5.74, 6) is -0.266. The molecule has 0 unspecified atom stereocenters. The van der Waals surface area contributed by atoms with E-state index in [0.717, 1.165) is 11.1 Å². The van der Waals surface area contributed by atoms with E-state index in [9.17, 15) is 9.59 Å². The van der Waals surface area contributed by atoms with Crippen molar-refractivity contribution in [3.8, 4) is 6.07 Å². The van der Waals surface area contributed by atoms with Crippen molar-refractivity contribution < 1.29 is 9.59 Å². The Morgan fingerprint density at radius 3 is 2.29 bits per heavy atom. The van der Waals surface area contributed by atoms with E-state index in [4.69, 9.17) is 5.26 Å². The average Bonchev–Trinajstić information content (AvgIpc) is 2.58. The van der Waals surface area contributed by atoms with Crippen molar-refractivity contribution in [1.29, 1.82) is 5.26 Å². The Hall–Kier alpha value is -3.13. The van der Waals surface area contributed by atoms with E-state index in [1.54, 1.807) is 24.3 Å². The van der Waals surface area contributed by atoms with Gasteiger partial charge in [-0.25, -0.2) is 0 Å². The molecule has 0 atom stereocenters. The van der Waals surface area contributed by atoms with Crippen LogP contribution in [0.2, 0.25) is 0 Å². The zero-order valence-electron chi connectivity index (χ0n) is 13.3. The maximum absolute atomic E-state index is 11.8. The summed E-state index contributed by atoms with van der Waals surface area (Å²) >= 11 is 0. The van der Waals surface area contributed by atoms with Crippen molar-refractivity contribution in [2.75, 3.05) is 11.9 Å². The second-order valence-corrected chi connectivity index (χ2v) is 5.34. The molecule has 0 aliphatic carbocycles. The molecule has 5 nitrogen and oxygen atoms in total. The van der Waals surface area contributed by atoms with Gasteiger partial charge in [-0.05, 0) is 23.3 Å². The molecule has 5 heteroatoms. The first kappa shape index (κ1) is 17.2. The van der Waals surface area contributed by atoms with E-state index in [2.05, 4.69) is 16.7 Å². The molecule has 0 aliphatic rings. The number of carbonyl (C=O) groups excluding carboxylic acids is 2. The third kappa shape index (κ3) is 5.93. The highest BCUT2D eigenvalue weighted by Gasteiger charge is 2.06. The van der Waals surface area contributed by atoms with Crippen LogP contribution in [0.4, 0.5) is 5.69 Å². The van der Waals surface area contributed by atoms with Gasteiger partial charge in [0, 0.05) is 18.7 Å². The Bertz CT molecular complexity index is 719. The average molecular weight is 321 g/mol. The molecule has 0 fully saturated rings. The van der Waals surface area contributed by atoms with Crippen molar-refractivity contribution in [2.45, 2.75) is 19.3 Å². The number of hydrogen-bond acceptors (Lipinski definition) is 3. The van der Waals surface area contributed by atoms with Gasteiger partial charge in [0.05, 0.1) is 18.9 Å². The van der Waals surface area contributed by atoms with Gasteiger partial charge in [0.1, 0.15) is 0 Å². The van der Waals surface area contributed by atoms with Gasteiger partial charge in [0.2, 0.25) is 11.8 Å². The lowest BCUT2D eigenvalue weighted by atomic mass is 10.1. The number of nitriles is 1. The predicted octanol–water partition coefficient (Wildman–Crippen LogP) is 2.44. The Morgan fingerprint density at radius 2 is 1.62 bits per heavy atom. The number of anilines is 1. The van der Waals surface area contributed by atoms with Crippen LogP contribution in [0.3, 0.4) is 0 Å². The Balaban J connectivity index is 1.69. The van der Waals surface area contributed by atoms with Crippen LogP contribution >= 0.6 is 0 Å². The van der Waals surface area contributed by atoms with Crippen LogP contribution in [0.5, 0.6) is 0 Å². The minimum absolute atomic E-state index is 0.102. The molecule has 0 saturated heterocycles. The van der Waals surface area contributed by atoms with Crippen LogP contribution in [0.15, 0.2) is 54.6 Å². The molecule has 0 aromatic heterocycles. The fraction of sp³-hybridized carbons (Fsp3) is 0.211. The van der Waals surface area contributed by atoms with Gasteiger partial charge < -0.3 is 10.6 Å². The fourth-order valence-electron chi connectivity index (χ4n) is 2.18. The summed E-state index contributed by atoms with van der Waals surface area (Å²) in [7, 11) is 0. The smallest absolute Gasteiger partial charge is 0.226 e. The molecule has 2 aromatic carbocycles. The van der Waals surface area contributed by atoms with Crippen LogP contribution in [-0.2, 0) is 22.4 Å². The number of rotatable bonds is 7.